The molecule has 0 aliphatic carbocycles. The van der Waals surface area contributed by atoms with Gasteiger partial charge in [-0.05, 0) is 22.4 Å². The van der Waals surface area contributed by atoms with Crippen LogP contribution in [0.5, 0.6) is 5.75 Å². The van der Waals surface area contributed by atoms with Crippen LogP contribution in [0.15, 0.2) is 97.1 Å². The van der Waals surface area contributed by atoms with Crippen LogP contribution in [0.3, 0.4) is 0 Å². The third kappa shape index (κ3) is 2.78. The molecular weight excluding hydrogens is 342 g/mol. The topological polar surface area (TPSA) is 12.5 Å². The number of ether oxygens (including phenoxy) is 1. The second kappa shape index (κ2) is 7.14. The van der Waals surface area contributed by atoms with Gasteiger partial charge >= 0.3 is 0 Å². The van der Waals surface area contributed by atoms with Crippen LogP contribution >= 0.6 is 0 Å². The molecule has 0 N–H and O–H groups in total. The van der Waals surface area contributed by atoms with Gasteiger partial charge in [-0.15, -0.1) is 0 Å². The van der Waals surface area contributed by atoms with Gasteiger partial charge in [-0.25, -0.2) is 0 Å². The van der Waals surface area contributed by atoms with E-state index in [1.165, 1.54) is 27.5 Å². The van der Waals surface area contributed by atoms with Gasteiger partial charge in [0.15, 0.2) is 6.23 Å². The number of nitrogens with zero attached hydrogens (tertiary/aromatic N) is 1. The zero-order chi connectivity index (χ0) is 18.9. The molecule has 5 rings (SSSR count). The summed E-state index contributed by atoms with van der Waals surface area (Å²) in [7, 11) is 0. The molecule has 0 saturated carbocycles. The van der Waals surface area contributed by atoms with Crippen molar-refractivity contribution in [2.45, 2.75) is 19.2 Å². The van der Waals surface area contributed by atoms with E-state index in [9.17, 15) is 0 Å². The lowest BCUT2D eigenvalue weighted by atomic mass is 9.89. The molecule has 2 nitrogen and oxygen atoms in total. The van der Waals surface area contributed by atoms with E-state index >= 15 is 0 Å². The van der Waals surface area contributed by atoms with Crippen molar-refractivity contribution in [3.05, 3.63) is 114 Å². The van der Waals surface area contributed by atoms with E-state index in [0.29, 0.717) is 0 Å². The van der Waals surface area contributed by atoms with Crippen molar-refractivity contribution in [2.75, 3.05) is 6.54 Å². The van der Waals surface area contributed by atoms with Crippen molar-refractivity contribution >= 4 is 10.8 Å². The normalized spacial score (nSPS) is 19.2. The molecule has 0 bridgehead atoms. The maximum atomic E-state index is 6.61. The smallest absolute Gasteiger partial charge is 0.179 e. The predicted molar refractivity (Wildman–Crippen MR) is 114 cm³/mol. The molecule has 0 aromatic heterocycles. The van der Waals surface area contributed by atoms with Crippen molar-refractivity contribution in [1.82, 2.24) is 4.90 Å². The number of hydrogen-bond acceptors (Lipinski definition) is 2. The van der Waals surface area contributed by atoms with E-state index in [1.807, 2.05) is 0 Å². The molecule has 0 radical (unpaired) electrons. The lowest BCUT2D eigenvalue weighted by Gasteiger charge is -2.43. The molecule has 0 saturated heterocycles. The van der Waals surface area contributed by atoms with E-state index in [-0.39, 0.29) is 12.3 Å². The van der Waals surface area contributed by atoms with Crippen LogP contribution in [-0.4, -0.2) is 11.4 Å². The molecule has 1 aliphatic rings. The summed E-state index contributed by atoms with van der Waals surface area (Å²) in [5.41, 5.74) is 3.74. The van der Waals surface area contributed by atoms with Crippen LogP contribution in [0, 0.1) is 0 Å². The SMILES string of the molecule is CCN1C(c2ccccc2)Oc2ccc3ccccc3c2C1c1ccccc1. The van der Waals surface area contributed by atoms with E-state index in [2.05, 4.69) is 109 Å². The van der Waals surface area contributed by atoms with Crippen molar-refractivity contribution in [3.8, 4) is 5.75 Å². The van der Waals surface area contributed by atoms with Gasteiger partial charge in [0.1, 0.15) is 5.75 Å². The fourth-order valence-corrected chi connectivity index (χ4v) is 4.37. The Labute approximate surface area is 166 Å². The maximum Gasteiger partial charge on any atom is 0.179 e. The molecule has 0 fully saturated rings. The van der Waals surface area contributed by atoms with Gasteiger partial charge in [0, 0.05) is 17.7 Å². The first kappa shape index (κ1) is 17.0. The van der Waals surface area contributed by atoms with Crippen LogP contribution in [0.1, 0.15) is 35.9 Å². The Morgan fingerprint density at radius 3 is 2.07 bits per heavy atom. The summed E-state index contributed by atoms with van der Waals surface area (Å²) in [4.78, 5) is 2.46. The minimum absolute atomic E-state index is 0.106. The summed E-state index contributed by atoms with van der Waals surface area (Å²) >= 11 is 0. The summed E-state index contributed by atoms with van der Waals surface area (Å²) < 4.78 is 6.61. The van der Waals surface area contributed by atoms with Gasteiger partial charge < -0.3 is 4.74 Å². The molecule has 0 spiro atoms. The Kier molecular flexibility index (Phi) is 4.34. The van der Waals surface area contributed by atoms with Crippen LogP contribution in [0.4, 0.5) is 0 Å². The molecule has 28 heavy (non-hydrogen) atoms. The largest absolute Gasteiger partial charge is 0.470 e. The Balaban J connectivity index is 1.77. The minimum atomic E-state index is -0.106. The standard InChI is InChI=1S/C26H23NO/c1-2-27-25(20-12-5-3-6-13-20)24-22-16-10-9-11-19(22)17-18-23(24)28-26(27)21-14-7-4-8-15-21/h3-18,25-26H,2H2,1H3. The van der Waals surface area contributed by atoms with Crippen molar-refractivity contribution in [3.63, 3.8) is 0 Å². The lowest BCUT2D eigenvalue weighted by molar-refractivity contribution is -0.0149. The van der Waals surface area contributed by atoms with Gasteiger partial charge in [-0.1, -0.05) is 97.9 Å². The first-order chi connectivity index (χ1) is 13.9. The van der Waals surface area contributed by atoms with Crippen molar-refractivity contribution in [1.29, 1.82) is 0 Å². The predicted octanol–water partition coefficient (Wildman–Crippen LogP) is 6.34. The number of fused-ring (bicyclic) bond motifs is 3. The highest BCUT2D eigenvalue weighted by molar-refractivity contribution is 5.89. The summed E-state index contributed by atoms with van der Waals surface area (Å²) in [6.07, 6.45) is -0.106. The second-order valence-electron chi connectivity index (χ2n) is 7.22. The Bertz CT molecular complexity index is 1090. The molecule has 0 amide bonds. The maximum absolute atomic E-state index is 6.61. The highest BCUT2D eigenvalue weighted by Gasteiger charge is 2.37. The summed E-state index contributed by atoms with van der Waals surface area (Å²) in [5.74, 6) is 0.978. The third-order valence-corrected chi connectivity index (χ3v) is 5.64. The number of rotatable bonds is 3. The molecule has 1 heterocycles. The summed E-state index contributed by atoms with van der Waals surface area (Å²) in [6.45, 7) is 3.10. The number of hydrogen-bond donors (Lipinski definition) is 0. The molecule has 1 aliphatic heterocycles. The van der Waals surface area contributed by atoms with Crippen molar-refractivity contribution in [2.24, 2.45) is 0 Å². The van der Waals surface area contributed by atoms with Gasteiger partial charge in [0.25, 0.3) is 0 Å². The number of benzene rings is 4. The van der Waals surface area contributed by atoms with E-state index in [4.69, 9.17) is 4.74 Å². The molecular formula is C26H23NO. The van der Waals surface area contributed by atoms with Gasteiger partial charge in [-0.3, -0.25) is 4.90 Å². The van der Waals surface area contributed by atoms with Gasteiger partial charge in [0.05, 0.1) is 6.04 Å². The Morgan fingerprint density at radius 1 is 0.714 bits per heavy atom. The highest BCUT2D eigenvalue weighted by Crippen LogP contribution is 2.47. The van der Waals surface area contributed by atoms with Crippen LogP contribution < -0.4 is 4.74 Å². The fourth-order valence-electron chi connectivity index (χ4n) is 4.37. The zero-order valence-electron chi connectivity index (χ0n) is 16.0. The third-order valence-electron chi connectivity index (χ3n) is 5.64. The van der Waals surface area contributed by atoms with E-state index in [0.717, 1.165) is 12.3 Å². The average Bonchev–Trinajstić information content (AvgIpc) is 2.78. The van der Waals surface area contributed by atoms with Crippen LogP contribution in [0.2, 0.25) is 0 Å². The average molecular weight is 365 g/mol. The van der Waals surface area contributed by atoms with E-state index in [1.54, 1.807) is 0 Å². The van der Waals surface area contributed by atoms with Gasteiger partial charge in [-0.2, -0.15) is 0 Å². The monoisotopic (exact) mass is 365 g/mol. The minimum Gasteiger partial charge on any atom is -0.470 e. The Morgan fingerprint density at radius 2 is 1.36 bits per heavy atom. The van der Waals surface area contributed by atoms with Crippen molar-refractivity contribution < 1.29 is 4.74 Å². The molecule has 2 heteroatoms. The van der Waals surface area contributed by atoms with Crippen LogP contribution in [0.25, 0.3) is 10.8 Å². The fraction of sp³-hybridized carbons (Fsp3) is 0.154. The molecule has 2 unspecified atom stereocenters. The summed E-state index contributed by atoms with van der Waals surface area (Å²) in [6, 6.07) is 34.4. The van der Waals surface area contributed by atoms with E-state index < -0.39 is 0 Å². The quantitative estimate of drug-likeness (QED) is 0.420. The zero-order valence-corrected chi connectivity index (χ0v) is 16.0. The van der Waals surface area contributed by atoms with Crippen LogP contribution in [-0.2, 0) is 0 Å². The van der Waals surface area contributed by atoms with Gasteiger partial charge in [0.2, 0.25) is 0 Å². The second-order valence-corrected chi connectivity index (χ2v) is 7.22. The highest BCUT2D eigenvalue weighted by atomic mass is 16.5. The first-order valence-electron chi connectivity index (χ1n) is 9.90. The first-order valence-corrected chi connectivity index (χ1v) is 9.90. The molecule has 4 aromatic rings. The molecule has 2 atom stereocenters. The lowest BCUT2D eigenvalue weighted by Crippen LogP contribution is -2.40. The molecule has 138 valence electrons. The molecule has 4 aromatic carbocycles. The Hall–Kier alpha value is -3.10. The summed E-state index contributed by atoms with van der Waals surface area (Å²) in [5, 5.41) is 2.51.